The molecule has 2 heterocycles. The molecule has 0 unspecified atom stereocenters. The summed E-state index contributed by atoms with van der Waals surface area (Å²) in [6.45, 7) is 0.445. The van der Waals surface area contributed by atoms with Crippen LogP contribution >= 0.6 is 0 Å². The van der Waals surface area contributed by atoms with Crippen molar-refractivity contribution in [2.45, 2.75) is 4.90 Å². The van der Waals surface area contributed by atoms with Gasteiger partial charge in [-0.25, -0.2) is 13.2 Å². The van der Waals surface area contributed by atoms with Gasteiger partial charge in [-0.05, 0) is 24.3 Å². The number of hydrogen-bond donors (Lipinski definition) is 2. The Bertz CT molecular complexity index is 860. The van der Waals surface area contributed by atoms with E-state index in [0.717, 1.165) is 0 Å². The molecule has 1 amide bonds. The molecule has 1 fully saturated rings. The van der Waals surface area contributed by atoms with Gasteiger partial charge in [-0.15, -0.1) is 0 Å². The van der Waals surface area contributed by atoms with Crippen LogP contribution in [0.15, 0.2) is 35.4 Å². The lowest BCUT2D eigenvalue weighted by Gasteiger charge is -2.32. The van der Waals surface area contributed by atoms with Crippen LogP contribution in [-0.4, -0.2) is 65.1 Å². The minimum atomic E-state index is -3.79. The summed E-state index contributed by atoms with van der Waals surface area (Å²) in [4.78, 5) is 16.2. The normalized spacial score (nSPS) is 16.6. The molecule has 8 nitrogen and oxygen atoms in total. The fourth-order valence-corrected chi connectivity index (χ4v) is 4.22. The number of benzene rings is 1. The van der Waals surface area contributed by atoms with Crippen molar-refractivity contribution >= 4 is 27.0 Å². The zero-order valence-corrected chi connectivity index (χ0v) is 12.9. The van der Waals surface area contributed by atoms with Crippen LogP contribution in [0.3, 0.4) is 0 Å². The highest BCUT2D eigenvalue weighted by Crippen LogP contribution is 2.30. The Hall–Kier alpha value is -2.39. The van der Waals surface area contributed by atoms with Crippen molar-refractivity contribution in [2.75, 3.05) is 26.2 Å². The van der Waals surface area contributed by atoms with E-state index in [-0.39, 0.29) is 42.3 Å². The lowest BCUT2D eigenvalue weighted by atomic mass is 10.2. The molecule has 2 aromatic rings. The van der Waals surface area contributed by atoms with E-state index in [1.54, 1.807) is 12.1 Å². The van der Waals surface area contributed by atoms with E-state index in [0.29, 0.717) is 5.39 Å². The Kier molecular flexibility index (Phi) is 3.82. The second-order valence-corrected chi connectivity index (χ2v) is 7.06. The van der Waals surface area contributed by atoms with Gasteiger partial charge < -0.3 is 15.1 Å². The third-order valence-electron chi connectivity index (χ3n) is 3.84. The number of nitrogens with zero attached hydrogens (tertiary/aromatic N) is 3. The number of phenolic OH excluding ortho intramolecular Hbond substituents is 1. The van der Waals surface area contributed by atoms with E-state index in [1.807, 2.05) is 0 Å². The molecule has 0 spiro atoms. The first kappa shape index (κ1) is 15.5. The van der Waals surface area contributed by atoms with Crippen molar-refractivity contribution in [1.82, 2.24) is 14.2 Å². The van der Waals surface area contributed by atoms with Crippen molar-refractivity contribution < 1.29 is 23.4 Å². The van der Waals surface area contributed by atoms with Gasteiger partial charge in [0.1, 0.15) is 11.3 Å². The number of rotatable bonds is 2. The number of fused-ring (bicyclic) bond motifs is 1. The Morgan fingerprint density at radius 1 is 1.13 bits per heavy atom. The van der Waals surface area contributed by atoms with Crippen molar-refractivity contribution in [2.24, 2.45) is 0 Å². The number of amides is 1. The summed E-state index contributed by atoms with van der Waals surface area (Å²) in [6, 6.07) is 5.83. The Balaban J connectivity index is 1.98. The molecule has 122 valence electrons. The highest BCUT2D eigenvalue weighted by molar-refractivity contribution is 7.89. The first-order valence-electron chi connectivity index (χ1n) is 6.96. The zero-order chi connectivity index (χ0) is 16.6. The molecule has 2 N–H and O–H groups in total. The molecule has 0 aliphatic carbocycles. The van der Waals surface area contributed by atoms with Crippen LogP contribution < -0.4 is 0 Å². The number of hydrogen-bond acceptors (Lipinski definition) is 5. The topological polar surface area (TPSA) is 111 Å². The summed E-state index contributed by atoms with van der Waals surface area (Å²) in [5, 5.41) is 19.1. The SMILES string of the molecule is O=C(O)N1CCN(S(=O)(=O)c2ccc(O)c3ncccc23)CC1. The predicted molar refractivity (Wildman–Crippen MR) is 81.8 cm³/mol. The zero-order valence-electron chi connectivity index (χ0n) is 12.1. The molecule has 0 saturated carbocycles. The van der Waals surface area contributed by atoms with Crippen LogP contribution in [0.2, 0.25) is 0 Å². The molecular weight excluding hydrogens is 322 g/mol. The average molecular weight is 337 g/mol. The lowest BCUT2D eigenvalue weighted by Crippen LogP contribution is -2.50. The van der Waals surface area contributed by atoms with Gasteiger partial charge in [0.15, 0.2) is 0 Å². The molecule has 1 aliphatic rings. The van der Waals surface area contributed by atoms with E-state index in [4.69, 9.17) is 5.11 Å². The summed E-state index contributed by atoms with van der Waals surface area (Å²) >= 11 is 0. The standard InChI is InChI=1S/C14H15N3O5S/c18-11-3-4-12(10-2-1-5-15-13(10)11)23(21,22)17-8-6-16(7-9-17)14(19)20/h1-5,18H,6-9H2,(H,19,20). The molecule has 1 aromatic heterocycles. The number of sulfonamides is 1. The fourth-order valence-electron chi connectivity index (χ4n) is 2.62. The second kappa shape index (κ2) is 5.67. The highest BCUT2D eigenvalue weighted by atomic mass is 32.2. The predicted octanol–water partition coefficient (Wildman–Crippen LogP) is 0.925. The third-order valence-corrected chi connectivity index (χ3v) is 5.79. The van der Waals surface area contributed by atoms with Gasteiger partial charge in [-0.1, -0.05) is 0 Å². The van der Waals surface area contributed by atoms with Crippen LogP contribution in [0, 0.1) is 0 Å². The Labute approximate surface area is 132 Å². The smallest absolute Gasteiger partial charge is 0.407 e. The fraction of sp³-hybridized carbons (Fsp3) is 0.286. The van der Waals surface area contributed by atoms with Gasteiger partial charge in [-0.2, -0.15) is 4.31 Å². The lowest BCUT2D eigenvalue weighted by molar-refractivity contribution is 0.126. The number of carbonyl (C=O) groups is 1. The summed E-state index contributed by atoms with van der Waals surface area (Å²) in [5.74, 6) is -0.0877. The maximum Gasteiger partial charge on any atom is 0.407 e. The Morgan fingerprint density at radius 2 is 1.83 bits per heavy atom. The summed E-state index contributed by atoms with van der Waals surface area (Å²) in [6.07, 6.45) is 0.422. The number of aromatic nitrogens is 1. The summed E-state index contributed by atoms with van der Waals surface area (Å²) < 4.78 is 26.9. The van der Waals surface area contributed by atoms with Crippen LogP contribution in [0.5, 0.6) is 5.75 Å². The number of piperazine rings is 1. The van der Waals surface area contributed by atoms with E-state index in [2.05, 4.69) is 4.98 Å². The van der Waals surface area contributed by atoms with Gasteiger partial charge in [-0.3, -0.25) is 4.98 Å². The van der Waals surface area contributed by atoms with E-state index < -0.39 is 16.1 Å². The number of aromatic hydroxyl groups is 1. The molecule has 0 radical (unpaired) electrons. The third kappa shape index (κ3) is 2.68. The molecule has 1 aromatic carbocycles. The van der Waals surface area contributed by atoms with Gasteiger partial charge in [0.2, 0.25) is 10.0 Å². The number of pyridine rings is 1. The molecule has 9 heteroatoms. The van der Waals surface area contributed by atoms with Crippen molar-refractivity contribution in [3.63, 3.8) is 0 Å². The van der Waals surface area contributed by atoms with E-state index >= 15 is 0 Å². The molecule has 1 aliphatic heterocycles. The maximum atomic E-state index is 12.8. The second-order valence-electron chi connectivity index (χ2n) is 5.16. The van der Waals surface area contributed by atoms with E-state index in [9.17, 15) is 18.3 Å². The van der Waals surface area contributed by atoms with Gasteiger partial charge in [0.25, 0.3) is 0 Å². The number of carboxylic acid groups (broad SMARTS) is 1. The molecular formula is C14H15N3O5S. The van der Waals surface area contributed by atoms with Crippen LogP contribution in [0.1, 0.15) is 0 Å². The quantitative estimate of drug-likeness (QED) is 0.843. The average Bonchev–Trinajstić information content (AvgIpc) is 2.55. The monoisotopic (exact) mass is 337 g/mol. The minimum Gasteiger partial charge on any atom is -0.506 e. The van der Waals surface area contributed by atoms with Gasteiger partial charge in [0.05, 0.1) is 4.90 Å². The molecule has 3 rings (SSSR count). The molecule has 0 atom stereocenters. The van der Waals surface area contributed by atoms with Crippen molar-refractivity contribution in [3.05, 3.63) is 30.5 Å². The maximum absolute atomic E-state index is 12.8. The van der Waals surface area contributed by atoms with Gasteiger partial charge >= 0.3 is 6.09 Å². The summed E-state index contributed by atoms with van der Waals surface area (Å²) in [5.41, 5.74) is 0.220. The largest absolute Gasteiger partial charge is 0.506 e. The van der Waals surface area contributed by atoms with Gasteiger partial charge in [0, 0.05) is 37.8 Å². The highest BCUT2D eigenvalue weighted by Gasteiger charge is 2.31. The van der Waals surface area contributed by atoms with Crippen LogP contribution in [0.25, 0.3) is 10.9 Å². The van der Waals surface area contributed by atoms with Crippen molar-refractivity contribution in [1.29, 1.82) is 0 Å². The molecule has 23 heavy (non-hydrogen) atoms. The minimum absolute atomic E-state index is 0.0576. The number of phenols is 1. The van der Waals surface area contributed by atoms with Crippen LogP contribution in [0.4, 0.5) is 4.79 Å². The van der Waals surface area contributed by atoms with Crippen molar-refractivity contribution in [3.8, 4) is 5.75 Å². The van der Waals surface area contributed by atoms with E-state index in [1.165, 1.54) is 27.5 Å². The Morgan fingerprint density at radius 3 is 2.48 bits per heavy atom. The first-order chi connectivity index (χ1) is 10.9. The first-order valence-corrected chi connectivity index (χ1v) is 8.40. The molecule has 0 bridgehead atoms. The summed E-state index contributed by atoms with van der Waals surface area (Å²) in [7, 11) is -3.79. The van der Waals surface area contributed by atoms with Crippen LogP contribution in [-0.2, 0) is 10.0 Å². The molecule has 1 saturated heterocycles.